The van der Waals surface area contributed by atoms with Crippen molar-refractivity contribution in [1.29, 1.82) is 0 Å². The van der Waals surface area contributed by atoms with Crippen LogP contribution in [0, 0.1) is 11.6 Å². The Labute approximate surface area is 117 Å². The molecule has 0 radical (unpaired) electrons. The average Bonchev–Trinajstić information content (AvgIpc) is 2.32. The Kier molecular flexibility index (Phi) is 4.67. The standard InChI is InChI=1S/C14H19F2N3O/c1-9-6-19(7-10(2)17-9)8-14(20)18-11-3-4-12(15)13(16)5-11/h3-5,9-10,17H,6-8H2,1-2H3,(H,18,20). The van der Waals surface area contributed by atoms with E-state index >= 15 is 0 Å². The number of amides is 1. The molecule has 1 aromatic carbocycles. The molecule has 6 heteroatoms. The molecule has 2 atom stereocenters. The summed E-state index contributed by atoms with van der Waals surface area (Å²) in [5.41, 5.74) is 0.269. The van der Waals surface area contributed by atoms with Gasteiger partial charge in [-0.05, 0) is 26.0 Å². The molecule has 0 aliphatic carbocycles. The van der Waals surface area contributed by atoms with Crippen LogP contribution in [0.25, 0.3) is 0 Å². The second-order valence-electron chi connectivity index (χ2n) is 5.34. The Morgan fingerprint density at radius 1 is 1.30 bits per heavy atom. The van der Waals surface area contributed by atoms with Crippen LogP contribution in [-0.4, -0.2) is 42.5 Å². The van der Waals surface area contributed by atoms with Crippen molar-refractivity contribution in [3.05, 3.63) is 29.8 Å². The molecule has 2 unspecified atom stereocenters. The molecular formula is C14H19F2N3O. The summed E-state index contributed by atoms with van der Waals surface area (Å²) in [7, 11) is 0. The molecule has 1 heterocycles. The van der Waals surface area contributed by atoms with Gasteiger partial charge in [0.2, 0.25) is 5.91 Å². The highest BCUT2D eigenvalue weighted by Gasteiger charge is 2.22. The number of hydrogen-bond donors (Lipinski definition) is 2. The van der Waals surface area contributed by atoms with Crippen LogP contribution < -0.4 is 10.6 Å². The third-order valence-electron chi connectivity index (χ3n) is 3.20. The number of anilines is 1. The van der Waals surface area contributed by atoms with Gasteiger partial charge in [0.25, 0.3) is 0 Å². The van der Waals surface area contributed by atoms with Gasteiger partial charge in [-0.25, -0.2) is 8.78 Å². The maximum absolute atomic E-state index is 13.0. The second kappa shape index (κ2) is 6.28. The van der Waals surface area contributed by atoms with Gasteiger partial charge in [-0.3, -0.25) is 9.69 Å². The lowest BCUT2D eigenvalue weighted by atomic mass is 10.1. The molecule has 0 saturated carbocycles. The third kappa shape index (κ3) is 3.98. The van der Waals surface area contributed by atoms with Crippen molar-refractivity contribution in [1.82, 2.24) is 10.2 Å². The topological polar surface area (TPSA) is 44.4 Å². The van der Waals surface area contributed by atoms with Crippen molar-refractivity contribution in [2.75, 3.05) is 25.0 Å². The van der Waals surface area contributed by atoms with Gasteiger partial charge in [-0.15, -0.1) is 0 Å². The van der Waals surface area contributed by atoms with Crippen molar-refractivity contribution < 1.29 is 13.6 Å². The highest BCUT2D eigenvalue weighted by atomic mass is 19.2. The van der Waals surface area contributed by atoms with Gasteiger partial charge in [0.05, 0.1) is 6.54 Å². The predicted octanol–water partition coefficient (Wildman–Crippen LogP) is 1.59. The zero-order valence-electron chi connectivity index (χ0n) is 11.6. The molecule has 1 aliphatic rings. The molecule has 2 rings (SSSR count). The highest BCUT2D eigenvalue weighted by molar-refractivity contribution is 5.92. The van der Waals surface area contributed by atoms with E-state index in [9.17, 15) is 13.6 Å². The SMILES string of the molecule is CC1CN(CC(=O)Nc2ccc(F)c(F)c2)CC(C)N1. The fourth-order valence-corrected chi connectivity index (χ4v) is 2.55. The first-order valence-corrected chi connectivity index (χ1v) is 6.67. The van der Waals surface area contributed by atoms with Crippen LogP contribution in [-0.2, 0) is 4.79 Å². The second-order valence-corrected chi connectivity index (χ2v) is 5.34. The maximum atomic E-state index is 13.0. The molecular weight excluding hydrogens is 264 g/mol. The van der Waals surface area contributed by atoms with Gasteiger partial charge in [0.1, 0.15) is 0 Å². The van der Waals surface area contributed by atoms with E-state index in [0.29, 0.717) is 12.1 Å². The van der Waals surface area contributed by atoms with Crippen LogP contribution >= 0.6 is 0 Å². The summed E-state index contributed by atoms with van der Waals surface area (Å²) in [6.07, 6.45) is 0. The largest absolute Gasteiger partial charge is 0.325 e. The molecule has 0 spiro atoms. The molecule has 20 heavy (non-hydrogen) atoms. The number of carbonyl (C=O) groups excluding carboxylic acids is 1. The first-order chi connectivity index (χ1) is 9.44. The lowest BCUT2D eigenvalue weighted by molar-refractivity contribution is -0.117. The fourth-order valence-electron chi connectivity index (χ4n) is 2.55. The molecule has 0 bridgehead atoms. The van der Waals surface area contributed by atoms with Crippen LogP contribution in [0.4, 0.5) is 14.5 Å². The van der Waals surface area contributed by atoms with E-state index in [-0.39, 0.29) is 18.1 Å². The number of benzene rings is 1. The van der Waals surface area contributed by atoms with Crippen LogP contribution in [0.2, 0.25) is 0 Å². The van der Waals surface area contributed by atoms with Crippen molar-refractivity contribution in [2.45, 2.75) is 25.9 Å². The first kappa shape index (κ1) is 14.9. The quantitative estimate of drug-likeness (QED) is 0.885. The Morgan fingerprint density at radius 3 is 2.55 bits per heavy atom. The predicted molar refractivity (Wildman–Crippen MR) is 73.5 cm³/mol. The van der Waals surface area contributed by atoms with Crippen LogP contribution in [0.3, 0.4) is 0 Å². The monoisotopic (exact) mass is 283 g/mol. The number of carbonyl (C=O) groups is 1. The van der Waals surface area contributed by atoms with Gasteiger partial charge < -0.3 is 10.6 Å². The molecule has 2 N–H and O–H groups in total. The number of nitrogens with zero attached hydrogens (tertiary/aromatic N) is 1. The lowest BCUT2D eigenvalue weighted by Crippen LogP contribution is -2.55. The smallest absolute Gasteiger partial charge is 0.238 e. The number of piperazine rings is 1. The van der Waals surface area contributed by atoms with Crippen molar-refractivity contribution in [3.8, 4) is 0 Å². The molecule has 1 amide bonds. The summed E-state index contributed by atoms with van der Waals surface area (Å²) in [5, 5.41) is 5.96. The Hall–Kier alpha value is -1.53. The summed E-state index contributed by atoms with van der Waals surface area (Å²) in [6.45, 7) is 5.95. The zero-order valence-corrected chi connectivity index (χ0v) is 11.6. The minimum atomic E-state index is -0.966. The van der Waals surface area contributed by atoms with Gasteiger partial charge in [0, 0.05) is 36.9 Å². The Balaban J connectivity index is 1.90. The average molecular weight is 283 g/mol. The molecule has 110 valence electrons. The maximum Gasteiger partial charge on any atom is 0.238 e. The number of rotatable bonds is 3. The number of halogens is 2. The van der Waals surface area contributed by atoms with E-state index in [1.807, 2.05) is 4.90 Å². The van der Waals surface area contributed by atoms with Crippen LogP contribution in [0.5, 0.6) is 0 Å². The normalized spacial score (nSPS) is 23.6. The zero-order chi connectivity index (χ0) is 14.7. The minimum absolute atomic E-state index is 0.225. The van der Waals surface area contributed by atoms with E-state index in [1.54, 1.807) is 0 Å². The van der Waals surface area contributed by atoms with Gasteiger partial charge in [-0.1, -0.05) is 0 Å². The molecule has 0 aromatic heterocycles. The van der Waals surface area contributed by atoms with E-state index in [0.717, 1.165) is 25.2 Å². The lowest BCUT2D eigenvalue weighted by Gasteiger charge is -2.35. The summed E-state index contributed by atoms with van der Waals surface area (Å²) in [5.74, 6) is -2.11. The van der Waals surface area contributed by atoms with Crippen LogP contribution in [0.15, 0.2) is 18.2 Å². The summed E-state index contributed by atoms with van der Waals surface area (Å²) in [4.78, 5) is 13.9. The number of hydrogen-bond acceptors (Lipinski definition) is 3. The first-order valence-electron chi connectivity index (χ1n) is 6.67. The minimum Gasteiger partial charge on any atom is -0.325 e. The van der Waals surface area contributed by atoms with E-state index in [4.69, 9.17) is 0 Å². The van der Waals surface area contributed by atoms with E-state index in [1.165, 1.54) is 6.07 Å². The van der Waals surface area contributed by atoms with Gasteiger partial charge in [-0.2, -0.15) is 0 Å². The van der Waals surface area contributed by atoms with Gasteiger partial charge >= 0.3 is 0 Å². The molecule has 1 aromatic rings. The Morgan fingerprint density at radius 2 is 1.95 bits per heavy atom. The van der Waals surface area contributed by atoms with Gasteiger partial charge in [0.15, 0.2) is 11.6 Å². The summed E-state index contributed by atoms with van der Waals surface area (Å²) in [6, 6.07) is 3.99. The van der Waals surface area contributed by atoms with E-state index in [2.05, 4.69) is 24.5 Å². The number of nitrogens with one attached hydrogen (secondary N) is 2. The van der Waals surface area contributed by atoms with Crippen molar-refractivity contribution >= 4 is 11.6 Å². The molecule has 4 nitrogen and oxygen atoms in total. The third-order valence-corrected chi connectivity index (χ3v) is 3.20. The fraction of sp³-hybridized carbons (Fsp3) is 0.500. The molecule has 1 aliphatic heterocycles. The molecule has 1 fully saturated rings. The van der Waals surface area contributed by atoms with Crippen molar-refractivity contribution in [3.63, 3.8) is 0 Å². The van der Waals surface area contributed by atoms with E-state index < -0.39 is 11.6 Å². The highest BCUT2D eigenvalue weighted by Crippen LogP contribution is 2.13. The summed E-state index contributed by atoms with van der Waals surface area (Å²) < 4.78 is 25.8. The molecule has 1 saturated heterocycles. The van der Waals surface area contributed by atoms with Crippen molar-refractivity contribution in [2.24, 2.45) is 0 Å². The Bertz CT molecular complexity index is 485. The summed E-state index contributed by atoms with van der Waals surface area (Å²) >= 11 is 0. The van der Waals surface area contributed by atoms with Crippen LogP contribution in [0.1, 0.15) is 13.8 Å².